The lowest BCUT2D eigenvalue weighted by molar-refractivity contribution is 0.153. The van der Waals surface area contributed by atoms with Crippen LogP contribution in [0.4, 0.5) is 0 Å². The van der Waals surface area contributed by atoms with Gasteiger partial charge in [0.15, 0.2) is 0 Å². The van der Waals surface area contributed by atoms with E-state index >= 15 is 0 Å². The van der Waals surface area contributed by atoms with Crippen molar-refractivity contribution >= 4 is 0 Å². The van der Waals surface area contributed by atoms with Crippen molar-refractivity contribution in [3.05, 3.63) is 71.8 Å². The van der Waals surface area contributed by atoms with E-state index in [2.05, 4.69) is 60.4 Å². The molecule has 0 aromatic heterocycles. The maximum absolute atomic E-state index is 9.19. The molecule has 0 bridgehead atoms. The van der Waals surface area contributed by atoms with Crippen LogP contribution in [0.25, 0.3) is 0 Å². The number of aliphatic hydroxyl groups excluding tert-OH is 1. The molecule has 0 amide bonds. The van der Waals surface area contributed by atoms with Gasteiger partial charge in [-0.05, 0) is 24.5 Å². The molecule has 0 radical (unpaired) electrons. The van der Waals surface area contributed by atoms with E-state index in [1.807, 2.05) is 12.1 Å². The molecule has 0 aliphatic rings. The first-order chi connectivity index (χ1) is 9.79. The van der Waals surface area contributed by atoms with Crippen molar-refractivity contribution in [3.8, 4) is 0 Å². The summed E-state index contributed by atoms with van der Waals surface area (Å²) in [4.78, 5) is 2.42. The van der Waals surface area contributed by atoms with E-state index in [1.54, 1.807) is 0 Å². The van der Waals surface area contributed by atoms with Gasteiger partial charge in [0, 0.05) is 25.7 Å². The van der Waals surface area contributed by atoms with E-state index in [0.29, 0.717) is 6.04 Å². The number of aliphatic hydroxyl groups is 1. The van der Waals surface area contributed by atoms with E-state index in [1.165, 1.54) is 11.1 Å². The van der Waals surface area contributed by atoms with Crippen molar-refractivity contribution in [2.45, 2.75) is 32.5 Å². The van der Waals surface area contributed by atoms with Gasteiger partial charge in [-0.25, -0.2) is 0 Å². The van der Waals surface area contributed by atoms with Gasteiger partial charge in [-0.1, -0.05) is 60.7 Å². The summed E-state index contributed by atoms with van der Waals surface area (Å²) < 4.78 is 0. The third-order valence-corrected chi connectivity index (χ3v) is 3.63. The lowest BCUT2D eigenvalue weighted by Gasteiger charge is -2.29. The fraction of sp³-hybridized carbons (Fsp3) is 0.333. The van der Waals surface area contributed by atoms with E-state index in [4.69, 9.17) is 0 Å². The Morgan fingerprint density at radius 1 is 0.850 bits per heavy atom. The Morgan fingerprint density at radius 3 is 1.70 bits per heavy atom. The first-order valence-corrected chi connectivity index (χ1v) is 7.22. The molecule has 1 N–H and O–H groups in total. The molecular weight excluding hydrogens is 246 g/mol. The molecule has 0 spiro atoms. The monoisotopic (exact) mass is 269 g/mol. The Balaban J connectivity index is 2.08. The molecule has 2 aromatic rings. The minimum Gasteiger partial charge on any atom is -0.396 e. The zero-order chi connectivity index (χ0) is 14.2. The molecule has 0 saturated heterocycles. The molecule has 1 atom stereocenters. The molecule has 2 heteroatoms. The predicted molar refractivity (Wildman–Crippen MR) is 83.3 cm³/mol. The summed E-state index contributed by atoms with van der Waals surface area (Å²) in [5.74, 6) is 0. The second-order valence-corrected chi connectivity index (χ2v) is 5.24. The van der Waals surface area contributed by atoms with Crippen LogP contribution in [0, 0.1) is 0 Å². The van der Waals surface area contributed by atoms with Crippen LogP contribution in [0.15, 0.2) is 60.7 Å². The molecule has 0 heterocycles. The quantitative estimate of drug-likeness (QED) is 0.832. The van der Waals surface area contributed by atoms with Crippen LogP contribution in [0.2, 0.25) is 0 Å². The number of hydrogen-bond donors (Lipinski definition) is 1. The summed E-state index contributed by atoms with van der Waals surface area (Å²) in [7, 11) is 0. The first kappa shape index (κ1) is 14.8. The molecule has 2 nitrogen and oxygen atoms in total. The zero-order valence-corrected chi connectivity index (χ0v) is 12.1. The van der Waals surface area contributed by atoms with Crippen molar-refractivity contribution in [3.63, 3.8) is 0 Å². The standard InChI is InChI=1S/C18H23NO/c1-16(12-13-20)19(14-17-8-4-2-5-9-17)15-18-10-6-3-7-11-18/h2-11,16,20H,12-15H2,1H3/t16-/m0/s1. The SMILES string of the molecule is C[C@@H](CCO)N(Cc1ccccc1)Cc1ccccc1. The third kappa shape index (κ3) is 4.48. The van der Waals surface area contributed by atoms with Gasteiger partial charge in [-0.15, -0.1) is 0 Å². The molecule has 106 valence electrons. The molecule has 2 rings (SSSR count). The summed E-state index contributed by atoms with van der Waals surface area (Å²) in [6, 6.07) is 21.4. The number of rotatable bonds is 7. The highest BCUT2D eigenvalue weighted by molar-refractivity contribution is 5.17. The second kappa shape index (κ2) is 7.83. The van der Waals surface area contributed by atoms with Crippen LogP contribution >= 0.6 is 0 Å². The molecule has 0 unspecified atom stereocenters. The topological polar surface area (TPSA) is 23.5 Å². The van der Waals surface area contributed by atoms with Crippen LogP contribution in [0.1, 0.15) is 24.5 Å². The van der Waals surface area contributed by atoms with Crippen LogP contribution in [-0.4, -0.2) is 22.7 Å². The number of hydrogen-bond acceptors (Lipinski definition) is 2. The highest BCUT2D eigenvalue weighted by atomic mass is 16.3. The van der Waals surface area contributed by atoms with E-state index in [0.717, 1.165) is 19.5 Å². The average Bonchev–Trinajstić information content (AvgIpc) is 2.49. The average molecular weight is 269 g/mol. The van der Waals surface area contributed by atoms with E-state index in [-0.39, 0.29) is 6.61 Å². The van der Waals surface area contributed by atoms with Gasteiger partial charge in [0.2, 0.25) is 0 Å². The Labute approximate surface area is 121 Å². The number of nitrogens with zero attached hydrogens (tertiary/aromatic N) is 1. The highest BCUT2D eigenvalue weighted by Gasteiger charge is 2.14. The maximum Gasteiger partial charge on any atom is 0.0445 e. The largest absolute Gasteiger partial charge is 0.396 e. The van der Waals surface area contributed by atoms with Gasteiger partial charge >= 0.3 is 0 Å². The molecule has 2 aromatic carbocycles. The molecule has 0 aliphatic heterocycles. The van der Waals surface area contributed by atoms with Crippen molar-refractivity contribution in [1.29, 1.82) is 0 Å². The van der Waals surface area contributed by atoms with Crippen LogP contribution in [-0.2, 0) is 13.1 Å². The van der Waals surface area contributed by atoms with Crippen molar-refractivity contribution in [2.75, 3.05) is 6.61 Å². The summed E-state index contributed by atoms with van der Waals surface area (Å²) in [6.07, 6.45) is 0.805. The molecule has 0 fully saturated rings. The smallest absolute Gasteiger partial charge is 0.0445 e. The molecule has 20 heavy (non-hydrogen) atoms. The first-order valence-electron chi connectivity index (χ1n) is 7.22. The minimum atomic E-state index is 0.237. The predicted octanol–water partition coefficient (Wildman–Crippen LogP) is 3.46. The summed E-state index contributed by atoms with van der Waals surface area (Å²) in [5.41, 5.74) is 2.63. The van der Waals surface area contributed by atoms with Gasteiger partial charge in [0.05, 0.1) is 0 Å². The molecule has 0 aliphatic carbocycles. The van der Waals surface area contributed by atoms with Crippen molar-refractivity contribution < 1.29 is 5.11 Å². The van der Waals surface area contributed by atoms with Gasteiger partial charge in [0.1, 0.15) is 0 Å². The summed E-state index contributed by atoms with van der Waals surface area (Å²) in [6.45, 7) is 4.25. The highest BCUT2D eigenvalue weighted by Crippen LogP contribution is 2.15. The summed E-state index contributed by atoms with van der Waals surface area (Å²) in [5, 5.41) is 9.19. The van der Waals surface area contributed by atoms with E-state index in [9.17, 15) is 5.11 Å². The minimum absolute atomic E-state index is 0.237. The molecule has 0 saturated carbocycles. The van der Waals surface area contributed by atoms with Gasteiger partial charge in [0.25, 0.3) is 0 Å². The maximum atomic E-state index is 9.19. The Morgan fingerprint density at radius 2 is 1.30 bits per heavy atom. The van der Waals surface area contributed by atoms with Crippen LogP contribution in [0.5, 0.6) is 0 Å². The fourth-order valence-corrected chi connectivity index (χ4v) is 2.37. The lowest BCUT2D eigenvalue weighted by Crippen LogP contribution is -2.32. The Bertz CT molecular complexity index is 442. The van der Waals surface area contributed by atoms with Crippen molar-refractivity contribution in [2.24, 2.45) is 0 Å². The third-order valence-electron chi connectivity index (χ3n) is 3.63. The zero-order valence-electron chi connectivity index (χ0n) is 12.1. The second-order valence-electron chi connectivity index (χ2n) is 5.24. The Hall–Kier alpha value is -1.64. The van der Waals surface area contributed by atoms with Gasteiger partial charge in [-0.2, -0.15) is 0 Å². The normalized spacial score (nSPS) is 12.6. The van der Waals surface area contributed by atoms with Gasteiger partial charge < -0.3 is 5.11 Å². The van der Waals surface area contributed by atoms with Crippen LogP contribution in [0.3, 0.4) is 0 Å². The lowest BCUT2D eigenvalue weighted by atomic mass is 10.1. The fourth-order valence-electron chi connectivity index (χ4n) is 2.37. The number of benzene rings is 2. The Kier molecular flexibility index (Phi) is 5.78. The van der Waals surface area contributed by atoms with Gasteiger partial charge in [-0.3, -0.25) is 4.90 Å². The molecular formula is C18H23NO. The van der Waals surface area contributed by atoms with Crippen molar-refractivity contribution in [1.82, 2.24) is 4.90 Å². The van der Waals surface area contributed by atoms with E-state index < -0.39 is 0 Å². The summed E-state index contributed by atoms with van der Waals surface area (Å²) >= 11 is 0. The van der Waals surface area contributed by atoms with Crippen LogP contribution < -0.4 is 0 Å².